The molecule has 0 N–H and O–H groups in total. The highest BCUT2D eigenvalue weighted by Crippen LogP contribution is 2.21. The van der Waals surface area contributed by atoms with Gasteiger partial charge >= 0.3 is 0 Å². The molecule has 0 aliphatic rings. The van der Waals surface area contributed by atoms with Crippen LogP contribution in [0.2, 0.25) is 0 Å². The molecule has 1 heteroatoms. The van der Waals surface area contributed by atoms with Gasteiger partial charge in [-0.2, -0.15) is 0 Å². The van der Waals surface area contributed by atoms with Crippen LogP contribution in [0, 0.1) is 19.3 Å². The van der Waals surface area contributed by atoms with Crippen LogP contribution >= 0.6 is 0 Å². The molecule has 0 saturated carbocycles. The van der Waals surface area contributed by atoms with Crippen LogP contribution in [-0.2, 0) is 0 Å². The molecule has 0 spiro atoms. The Bertz CT molecular complexity index is 331. The highest BCUT2D eigenvalue weighted by Gasteiger charge is 2.04. The van der Waals surface area contributed by atoms with Crippen molar-refractivity contribution in [2.24, 2.45) is 0 Å². The summed E-state index contributed by atoms with van der Waals surface area (Å²) in [5.74, 6) is 3.45. The molecule has 0 aromatic heterocycles. The summed E-state index contributed by atoms with van der Waals surface area (Å²) in [5.41, 5.74) is 1.94. The normalized spacial score (nSPS) is 9.77. The van der Waals surface area contributed by atoms with Crippen molar-refractivity contribution in [3.63, 3.8) is 0 Å². The molecule has 1 aromatic carbocycles. The Morgan fingerprint density at radius 1 is 1.38 bits per heavy atom. The van der Waals surface area contributed by atoms with Gasteiger partial charge in [0.25, 0.3) is 0 Å². The standard InChI is InChI=1S/C12H14O/c1-5-11-10(4)7-6-8-12(11)13-9(2)3/h1,6-9H,2-4H3. The molecule has 0 saturated heterocycles. The summed E-state index contributed by atoms with van der Waals surface area (Å²) in [6.07, 6.45) is 5.56. The molecule has 0 aliphatic heterocycles. The van der Waals surface area contributed by atoms with E-state index in [0.717, 1.165) is 16.9 Å². The van der Waals surface area contributed by atoms with Crippen LogP contribution < -0.4 is 4.74 Å². The second-order valence-electron chi connectivity index (χ2n) is 3.26. The molecule has 0 aliphatic carbocycles. The monoisotopic (exact) mass is 174 g/mol. The van der Waals surface area contributed by atoms with Crippen LogP contribution in [0.5, 0.6) is 5.75 Å². The topological polar surface area (TPSA) is 9.23 Å². The van der Waals surface area contributed by atoms with E-state index in [-0.39, 0.29) is 6.10 Å². The Balaban J connectivity index is 3.07. The molecule has 1 nitrogen and oxygen atoms in total. The van der Waals surface area contributed by atoms with Gasteiger partial charge in [0.15, 0.2) is 0 Å². The average Bonchev–Trinajstić information content (AvgIpc) is 2.03. The summed E-state index contributed by atoms with van der Waals surface area (Å²) in [5, 5.41) is 0. The summed E-state index contributed by atoms with van der Waals surface area (Å²) in [4.78, 5) is 0. The Labute approximate surface area is 79.7 Å². The van der Waals surface area contributed by atoms with Crippen LogP contribution in [-0.4, -0.2) is 6.10 Å². The number of benzene rings is 1. The Morgan fingerprint density at radius 2 is 2.08 bits per heavy atom. The van der Waals surface area contributed by atoms with Crippen LogP contribution in [0.1, 0.15) is 25.0 Å². The van der Waals surface area contributed by atoms with Gasteiger partial charge in [0.05, 0.1) is 11.7 Å². The first-order valence-electron chi connectivity index (χ1n) is 4.38. The first-order valence-corrected chi connectivity index (χ1v) is 4.38. The lowest BCUT2D eigenvalue weighted by Crippen LogP contribution is -2.07. The van der Waals surface area contributed by atoms with Gasteiger partial charge in [-0.05, 0) is 32.4 Å². The van der Waals surface area contributed by atoms with Crippen LogP contribution in [0.3, 0.4) is 0 Å². The molecule has 68 valence electrons. The maximum Gasteiger partial charge on any atom is 0.135 e. The molecule has 0 unspecified atom stereocenters. The SMILES string of the molecule is C#Cc1c(C)cccc1OC(C)C. The molecule has 1 rings (SSSR count). The van der Waals surface area contributed by atoms with Crippen LogP contribution in [0.15, 0.2) is 18.2 Å². The van der Waals surface area contributed by atoms with Crippen molar-refractivity contribution in [2.75, 3.05) is 0 Å². The minimum absolute atomic E-state index is 0.161. The molecule has 0 amide bonds. The molecular weight excluding hydrogens is 160 g/mol. The molecular formula is C12H14O. The first-order chi connectivity index (χ1) is 6.15. The zero-order valence-electron chi connectivity index (χ0n) is 8.29. The highest BCUT2D eigenvalue weighted by molar-refractivity contribution is 5.49. The van der Waals surface area contributed by atoms with Crippen molar-refractivity contribution in [2.45, 2.75) is 26.9 Å². The van der Waals surface area contributed by atoms with Gasteiger partial charge in [-0.25, -0.2) is 0 Å². The van der Waals surface area contributed by atoms with Gasteiger partial charge in [0, 0.05) is 0 Å². The predicted octanol–water partition coefficient (Wildman–Crippen LogP) is 2.76. The lowest BCUT2D eigenvalue weighted by atomic mass is 10.1. The van der Waals surface area contributed by atoms with Crippen LogP contribution in [0.4, 0.5) is 0 Å². The van der Waals surface area contributed by atoms with Gasteiger partial charge in [-0.15, -0.1) is 6.42 Å². The third kappa shape index (κ3) is 2.26. The highest BCUT2D eigenvalue weighted by atomic mass is 16.5. The molecule has 0 radical (unpaired) electrons. The summed E-state index contributed by atoms with van der Waals surface area (Å²) >= 11 is 0. The third-order valence-electron chi connectivity index (χ3n) is 1.74. The van der Waals surface area contributed by atoms with E-state index in [4.69, 9.17) is 11.2 Å². The number of hydrogen-bond donors (Lipinski definition) is 0. The minimum Gasteiger partial charge on any atom is -0.490 e. The second-order valence-corrected chi connectivity index (χ2v) is 3.26. The molecule has 0 heterocycles. The summed E-state index contributed by atoms with van der Waals surface area (Å²) in [7, 11) is 0. The fraction of sp³-hybridized carbons (Fsp3) is 0.333. The van der Waals surface area contributed by atoms with Crippen molar-refractivity contribution in [3.8, 4) is 18.1 Å². The van der Waals surface area contributed by atoms with E-state index in [0.29, 0.717) is 0 Å². The Morgan fingerprint density at radius 3 is 2.62 bits per heavy atom. The largest absolute Gasteiger partial charge is 0.490 e. The third-order valence-corrected chi connectivity index (χ3v) is 1.74. The van der Waals surface area contributed by atoms with E-state index in [1.807, 2.05) is 39.0 Å². The Hall–Kier alpha value is -1.42. The van der Waals surface area contributed by atoms with E-state index < -0.39 is 0 Å². The van der Waals surface area contributed by atoms with E-state index in [1.54, 1.807) is 0 Å². The number of hydrogen-bond acceptors (Lipinski definition) is 1. The maximum absolute atomic E-state index is 5.57. The van der Waals surface area contributed by atoms with Gasteiger partial charge in [-0.3, -0.25) is 0 Å². The van der Waals surface area contributed by atoms with E-state index in [2.05, 4.69) is 5.92 Å². The van der Waals surface area contributed by atoms with Crippen molar-refractivity contribution in [3.05, 3.63) is 29.3 Å². The van der Waals surface area contributed by atoms with Crippen molar-refractivity contribution in [1.29, 1.82) is 0 Å². The lowest BCUT2D eigenvalue weighted by molar-refractivity contribution is 0.241. The zero-order valence-corrected chi connectivity index (χ0v) is 8.29. The van der Waals surface area contributed by atoms with E-state index in [1.165, 1.54) is 0 Å². The van der Waals surface area contributed by atoms with Crippen molar-refractivity contribution < 1.29 is 4.74 Å². The fourth-order valence-corrected chi connectivity index (χ4v) is 1.18. The van der Waals surface area contributed by atoms with E-state index >= 15 is 0 Å². The summed E-state index contributed by atoms with van der Waals surface area (Å²) in [6.45, 7) is 5.97. The predicted molar refractivity (Wildman–Crippen MR) is 54.9 cm³/mol. The molecule has 1 aromatic rings. The number of terminal acetylenes is 1. The van der Waals surface area contributed by atoms with Crippen LogP contribution in [0.25, 0.3) is 0 Å². The molecule has 13 heavy (non-hydrogen) atoms. The van der Waals surface area contributed by atoms with Crippen molar-refractivity contribution in [1.82, 2.24) is 0 Å². The first kappa shape index (κ1) is 9.67. The number of aryl methyl sites for hydroxylation is 1. The number of rotatable bonds is 2. The molecule has 0 fully saturated rings. The van der Waals surface area contributed by atoms with Gasteiger partial charge in [0.1, 0.15) is 5.75 Å². The quantitative estimate of drug-likeness (QED) is 0.626. The van der Waals surface area contributed by atoms with Crippen molar-refractivity contribution >= 4 is 0 Å². The Kier molecular flexibility index (Phi) is 2.97. The zero-order chi connectivity index (χ0) is 9.84. The maximum atomic E-state index is 5.57. The van der Waals surface area contributed by atoms with Gasteiger partial charge in [0.2, 0.25) is 0 Å². The minimum atomic E-state index is 0.161. The molecule has 0 atom stereocenters. The second kappa shape index (κ2) is 4.00. The fourth-order valence-electron chi connectivity index (χ4n) is 1.18. The lowest BCUT2D eigenvalue weighted by Gasteiger charge is -2.12. The smallest absolute Gasteiger partial charge is 0.135 e. The average molecular weight is 174 g/mol. The summed E-state index contributed by atoms with van der Waals surface area (Å²) in [6, 6.07) is 5.85. The van der Waals surface area contributed by atoms with Gasteiger partial charge in [-0.1, -0.05) is 18.1 Å². The number of ether oxygens (including phenoxy) is 1. The summed E-state index contributed by atoms with van der Waals surface area (Å²) < 4.78 is 5.57. The van der Waals surface area contributed by atoms with E-state index in [9.17, 15) is 0 Å². The molecule has 0 bridgehead atoms. The van der Waals surface area contributed by atoms with Gasteiger partial charge < -0.3 is 4.74 Å².